The molecule has 1 rings (SSSR count). The second-order valence-electron chi connectivity index (χ2n) is 7.08. The Kier molecular flexibility index (Phi) is 11.3. The van der Waals surface area contributed by atoms with Crippen molar-refractivity contribution in [2.45, 2.75) is 65.4 Å². The van der Waals surface area contributed by atoms with Gasteiger partial charge < -0.3 is 20.7 Å². The van der Waals surface area contributed by atoms with Crippen molar-refractivity contribution in [1.82, 2.24) is 16.0 Å². The van der Waals surface area contributed by atoms with Crippen LogP contribution in [0.2, 0.25) is 0 Å². The third-order valence-corrected chi connectivity index (χ3v) is 4.76. The van der Waals surface area contributed by atoms with Gasteiger partial charge in [-0.2, -0.15) is 0 Å². The summed E-state index contributed by atoms with van der Waals surface area (Å²) in [6.45, 7) is 9.27. The molecule has 25 heavy (non-hydrogen) atoms. The van der Waals surface area contributed by atoms with Crippen molar-refractivity contribution in [2.75, 3.05) is 33.3 Å². The summed E-state index contributed by atoms with van der Waals surface area (Å²) in [6, 6.07) is 0. The van der Waals surface area contributed by atoms with Crippen LogP contribution in [0.3, 0.4) is 0 Å². The number of nitrogens with one attached hydrogen (secondary N) is 3. The molecule has 0 aromatic heterocycles. The zero-order valence-electron chi connectivity index (χ0n) is 16.6. The van der Waals surface area contributed by atoms with Gasteiger partial charge in [0.15, 0.2) is 5.96 Å². The number of carbonyl (C=O) groups is 1. The van der Waals surface area contributed by atoms with Gasteiger partial charge in [-0.3, -0.25) is 9.79 Å². The van der Waals surface area contributed by atoms with Gasteiger partial charge in [-0.1, -0.05) is 33.1 Å². The van der Waals surface area contributed by atoms with Gasteiger partial charge in [0.25, 0.3) is 0 Å². The highest BCUT2D eigenvalue weighted by atomic mass is 16.5. The van der Waals surface area contributed by atoms with E-state index in [0.717, 1.165) is 38.4 Å². The average Bonchev–Trinajstić information content (AvgIpc) is 2.63. The molecule has 0 spiro atoms. The highest BCUT2D eigenvalue weighted by Crippen LogP contribution is 2.23. The summed E-state index contributed by atoms with van der Waals surface area (Å²) in [7, 11) is 1.76. The Hall–Kier alpha value is -1.30. The maximum Gasteiger partial charge on any atom is 0.223 e. The molecule has 1 aliphatic carbocycles. The second kappa shape index (κ2) is 13.0. The van der Waals surface area contributed by atoms with Gasteiger partial charge in [-0.05, 0) is 32.1 Å². The Labute approximate surface area is 153 Å². The third kappa shape index (κ3) is 9.10. The molecule has 0 aromatic carbocycles. The van der Waals surface area contributed by atoms with Crippen LogP contribution < -0.4 is 16.0 Å². The molecule has 0 radical (unpaired) electrons. The molecule has 1 unspecified atom stereocenters. The van der Waals surface area contributed by atoms with Crippen molar-refractivity contribution >= 4 is 11.9 Å². The van der Waals surface area contributed by atoms with E-state index in [0.29, 0.717) is 19.0 Å². The van der Waals surface area contributed by atoms with E-state index in [1.807, 2.05) is 6.92 Å². The summed E-state index contributed by atoms with van der Waals surface area (Å²) in [5, 5.41) is 9.59. The van der Waals surface area contributed by atoms with E-state index in [4.69, 9.17) is 4.74 Å². The number of aliphatic imine (C=N–C) groups is 1. The average molecular weight is 355 g/mol. The quantitative estimate of drug-likeness (QED) is 0.320. The number of hydrogen-bond donors (Lipinski definition) is 3. The van der Waals surface area contributed by atoms with Crippen LogP contribution >= 0.6 is 0 Å². The zero-order chi connectivity index (χ0) is 18.5. The molecule has 0 heterocycles. The number of carbonyl (C=O) groups excluding carboxylic acids is 1. The van der Waals surface area contributed by atoms with Crippen molar-refractivity contribution < 1.29 is 9.53 Å². The summed E-state index contributed by atoms with van der Waals surface area (Å²) < 4.78 is 5.75. The van der Waals surface area contributed by atoms with E-state index >= 15 is 0 Å². The van der Waals surface area contributed by atoms with Crippen LogP contribution in [-0.4, -0.2) is 51.3 Å². The van der Waals surface area contributed by atoms with Crippen LogP contribution in [0.25, 0.3) is 0 Å². The van der Waals surface area contributed by atoms with E-state index in [2.05, 4.69) is 34.8 Å². The van der Waals surface area contributed by atoms with Gasteiger partial charge in [0.2, 0.25) is 5.91 Å². The molecule has 6 nitrogen and oxygen atoms in total. The van der Waals surface area contributed by atoms with Gasteiger partial charge in [0.1, 0.15) is 0 Å². The Bertz CT molecular complexity index is 393. The standard InChI is InChI=1S/C19H38N4O2/c1-5-25-17(15(2)3)11-12-22-19(20-4)23-14-13-21-18(24)16-9-7-6-8-10-16/h15-17H,5-14H2,1-4H3,(H,21,24)(H2,20,22,23). The molecule has 3 N–H and O–H groups in total. The molecule has 1 atom stereocenters. The molecule has 0 bridgehead atoms. The Morgan fingerprint density at radius 1 is 1.08 bits per heavy atom. The third-order valence-electron chi connectivity index (χ3n) is 4.76. The number of hydrogen-bond acceptors (Lipinski definition) is 3. The summed E-state index contributed by atoms with van der Waals surface area (Å²) in [5.74, 6) is 1.70. The van der Waals surface area contributed by atoms with E-state index in [1.54, 1.807) is 7.05 Å². The Balaban J connectivity index is 2.16. The van der Waals surface area contributed by atoms with Gasteiger partial charge in [-0.15, -0.1) is 0 Å². The summed E-state index contributed by atoms with van der Waals surface area (Å²) in [5.41, 5.74) is 0. The highest BCUT2D eigenvalue weighted by Gasteiger charge is 2.20. The molecule has 1 saturated carbocycles. The summed E-state index contributed by atoms with van der Waals surface area (Å²) >= 11 is 0. The van der Waals surface area contributed by atoms with Crippen molar-refractivity contribution in [1.29, 1.82) is 0 Å². The minimum Gasteiger partial charge on any atom is -0.378 e. The van der Waals surface area contributed by atoms with Crippen LogP contribution in [0.4, 0.5) is 0 Å². The smallest absolute Gasteiger partial charge is 0.223 e. The maximum atomic E-state index is 12.1. The number of ether oxygens (including phenoxy) is 1. The first kappa shape index (κ1) is 21.7. The molecular formula is C19H38N4O2. The van der Waals surface area contributed by atoms with E-state index in [9.17, 15) is 4.79 Å². The lowest BCUT2D eigenvalue weighted by molar-refractivity contribution is -0.125. The molecule has 6 heteroatoms. The Morgan fingerprint density at radius 3 is 2.32 bits per heavy atom. The maximum absolute atomic E-state index is 12.1. The number of nitrogens with zero attached hydrogens (tertiary/aromatic N) is 1. The lowest BCUT2D eigenvalue weighted by Crippen LogP contribution is -2.43. The normalized spacial score (nSPS) is 17.4. The first-order valence-electron chi connectivity index (χ1n) is 9.92. The topological polar surface area (TPSA) is 74.8 Å². The molecule has 0 aromatic rings. The minimum atomic E-state index is 0.209. The first-order valence-corrected chi connectivity index (χ1v) is 9.92. The van der Waals surface area contributed by atoms with E-state index < -0.39 is 0 Å². The van der Waals surface area contributed by atoms with Crippen LogP contribution in [-0.2, 0) is 9.53 Å². The van der Waals surface area contributed by atoms with Gasteiger partial charge >= 0.3 is 0 Å². The van der Waals surface area contributed by atoms with Crippen molar-refractivity contribution in [2.24, 2.45) is 16.8 Å². The number of amides is 1. The van der Waals surface area contributed by atoms with Gasteiger partial charge in [0, 0.05) is 39.2 Å². The predicted molar refractivity (Wildman–Crippen MR) is 104 cm³/mol. The second-order valence-corrected chi connectivity index (χ2v) is 7.08. The Morgan fingerprint density at radius 2 is 1.72 bits per heavy atom. The predicted octanol–water partition coefficient (Wildman–Crippen LogP) is 2.30. The molecule has 0 aliphatic heterocycles. The summed E-state index contributed by atoms with van der Waals surface area (Å²) in [4.78, 5) is 16.3. The number of rotatable bonds is 10. The van der Waals surface area contributed by atoms with Gasteiger partial charge in [0.05, 0.1) is 6.10 Å². The summed E-state index contributed by atoms with van der Waals surface area (Å²) in [6.07, 6.45) is 6.95. The van der Waals surface area contributed by atoms with Crippen molar-refractivity contribution in [3.8, 4) is 0 Å². The fourth-order valence-electron chi connectivity index (χ4n) is 3.25. The van der Waals surface area contributed by atoms with E-state index in [-0.39, 0.29) is 17.9 Å². The lowest BCUT2D eigenvalue weighted by atomic mass is 9.89. The molecule has 0 saturated heterocycles. The molecule has 1 aliphatic rings. The lowest BCUT2D eigenvalue weighted by Gasteiger charge is -2.22. The fraction of sp³-hybridized carbons (Fsp3) is 0.895. The van der Waals surface area contributed by atoms with Crippen LogP contribution in [0.5, 0.6) is 0 Å². The monoisotopic (exact) mass is 354 g/mol. The number of guanidine groups is 1. The largest absolute Gasteiger partial charge is 0.378 e. The van der Waals surface area contributed by atoms with Crippen LogP contribution in [0.1, 0.15) is 59.3 Å². The highest BCUT2D eigenvalue weighted by molar-refractivity contribution is 5.80. The van der Waals surface area contributed by atoms with Crippen LogP contribution in [0, 0.1) is 11.8 Å². The van der Waals surface area contributed by atoms with Crippen LogP contribution in [0.15, 0.2) is 4.99 Å². The molecule has 146 valence electrons. The first-order chi connectivity index (χ1) is 12.1. The van der Waals surface area contributed by atoms with E-state index in [1.165, 1.54) is 19.3 Å². The molecular weight excluding hydrogens is 316 g/mol. The van der Waals surface area contributed by atoms with Gasteiger partial charge in [-0.25, -0.2) is 0 Å². The SMILES string of the molecule is CCOC(CCNC(=NC)NCCNC(=O)C1CCCCC1)C(C)C. The van der Waals surface area contributed by atoms with Crippen molar-refractivity contribution in [3.63, 3.8) is 0 Å². The zero-order valence-corrected chi connectivity index (χ0v) is 16.6. The fourth-order valence-corrected chi connectivity index (χ4v) is 3.25. The minimum absolute atomic E-state index is 0.209. The molecule has 1 fully saturated rings. The molecule has 1 amide bonds. The van der Waals surface area contributed by atoms with Crippen molar-refractivity contribution in [3.05, 3.63) is 0 Å².